The second-order valence-corrected chi connectivity index (χ2v) is 3.47. The van der Waals surface area contributed by atoms with Crippen LogP contribution in [0.3, 0.4) is 0 Å². The van der Waals surface area contributed by atoms with Gasteiger partial charge in [-0.15, -0.1) is 0 Å². The van der Waals surface area contributed by atoms with Gasteiger partial charge in [0.05, 0.1) is 0 Å². The van der Waals surface area contributed by atoms with Gasteiger partial charge in [0.25, 0.3) is 0 Å². The van der Waals surface area contributed by atoms with Gasteiger partial charge in [0.15, 0.2) is 0 Å². The molecule has 0 unspecified atom stereocenters. The zero-order valence-corrected chi connectivity index (χ0v) is 8.56. The summed E-state index contributed by atoms with van der Waals surface area (Å²) in [5.41, 5.74) is 7.57. The molecule has 0 heterocycles. The minimum atomic E-state index is 0.781. The maximum atomic E-state index is 6.00. The Morgan fingerprint density at radius 3 is 2.92 bits per heavy atom. The zero-order valence-electron chi connectivity index (χ0n) is 7.81. The van der Waals surface area contributed by atoms with Crippen molar-refractivity contribution in [2.24, 2.45) is 0 Å². The third kappa shape index (κ3) is 3.25. The Labute approximate surface area is 84.1 Å². The molecule has 0 bridgehead atoms. The number of benzene rings is 1. The van der Waals surface area contributed by atoms with Gasteiger partial charge in [0.2, 0.25) is 0 Å². The van der Waals surface area contributed by atoms with Gasteiger partial charge >= 0.3 is 0 Å². The van der Waals surface area contributed by atoms with E-state index in [0.29, 0.717) is 0 Å². The summed E-state index contributed by atoms with van der Waals surface area (Å²) in [5, 5.41) is 3.91. The topological polar surface area (TPSA) is 38.0 Å². The van der Waals surface area contributed by atoms with Crippen molar-refractivity contribution in [2.45, 2.75) is 12.8 Å². The number of anilines is 1. The van der Waals surface area contributed by atoms with Crippen molar-refractivity contribution in [3.8, 4) is 0 Å². The van der Waals surface area contributed by atoms with Crippen LogP contribution in [0, 0.1) is 0 Å². The fourth-order valence-electron chi connectivity index (χ4n) is 1.24. The van der Waals surface area contributed by atoms with Gasteiger partial charge in [-0.05, 0) is 50.2 Å². The van der Waals surface area contributed by atoms with Crippen molar-refractivity contribution in [2.75, 3.05) is 19.3 Å². The molecular formula is C10H15ClN2. The van der Waals surface area contributed by atoms with E-state index in [1.807, 2.05) is 25.2 Å². The number of hydrogen-bond donors (Lipinski definition) is 2. The molecule has 0 aliphatic carbocycles. The highest BCUT2D eigenvalue weighted by Gasteiger charge is 1.99. The van der Waals surface area contributed by atoms with E-state index in [9.17, 15) is 0 Å². The average molecular weight is 199 g/mol. The third-order valence-electron chi connectivity index (χ3n) is 1.94. The zero-order chi connectivity index (χ0) is 9.68. The molecule has 0 aliphatic heterocycles. The fraction of sp³-hybridized carbons (Fsp3) is 0.400. The second-order valence-electron chi connectivity index (χ2n) is 3.06. The van der Waals surface area contributed by atoms with Gasteiger partial charge in [-0.1, -0.05) is 11.6 Å². The minimum Gasteiger partial charge on any atom is -0.399 e. The SMILES string of the molecule is CNCCCc1cc(N)ccc1Cl. The lowest BCUT2D eigenvalue weighted by molar-refractivity contribution is 0.725. The van der Waals surface area contributed by atoms with Gasteiger partial charge < -0.3 is 11.1 Å². The number of nitrogen functional groups attached to an aromatic ring is 1. The van der Waals surface area contributed by atoms with Crippen molar-refractivity contribution in [1.82, 2.24) is 5.32 Å². The lowest BCUT2D eigenvalue weighted by Crippen LogP contribution is -2.08. The molecule has 0 spiro atoms. The number of nitrogens with one attached hydrogen (secondary N) is 1. The standard InChI is InChI=1S/C10H15ClN2/c1-13-6-2-3-8-7-9(12)4-5-10(8)11/h4-5,7,13H,2-3,6,12H2,1H3. The van der Waals surface area contributed by atoms with Gasteiger partial charge in [-0.25, -0.2) is 0 Å². The molecule has 0 fully saturated rings. The summed E-state index contributed by atoms with van der Waals surface area (Å²) in [6.07, 6.45) is 2.06. The summed E-state index contributed by atoms with van der Waals surface area (Å²) in [6.45, 7) is 1.01. The van der Waals surface area contributed by atoms with E-state index >= 15 is 0 Å². The third-order valence-corrected chi connectivity index (χ3v) is 2.31. The summed E-state index contributed by atoms with van der Waals surface area (Å²) in [5.74, 6) is 0. The van der Waals surface area contributed by atoms with Crippen LogP contribution in [0.1, 0.15) is 12.0 Å². The van der Waals surface area contributed by atoms with Crippen LogP contribution in [0.4, 0.5) is 5.69 Å². The highest BCUT2D eigenvalue weighted by atomic mass is 35.5. The molecule has 0 saturated heterocycles. The molecule has 0 aromatic heterocycles. The highest BCUT2D eigenvalue weighted by Crippen LogP contribution is 2.19. The molecule has 13 heavy (non-hydrogen) atoms. The van der Waals surface area contributed by atoms with Crippen LogP contribution in [0.5, 0.6) is 0 Å². The predicted molar refractivity (Wildman–Crippen MR) is 58.1 cm³/mol. The minimum absolute atomic E-state index is 0.781. The first kappa shape index (κ1) is 10.4. The normalized spacial score (nSPS) is 10.3. The highest BCUT2D eigenvalue weighted by molar-refractivity contribution is 6.31. The maximum Gasteiger partial charge on any atom is 0.0439 e. The molecule has 0 atom stereocenters. The average Bonchev–Trinajstić information content (AvgIpc) is 2.11. The number of nitrogens with two attached hydrogens (primary N) is 1. The number of halogens is 1. The largest absolute Gasteiger partial charge is 0.399 e. The molecule has 0 aliphatic rings. The van der Waals surface area contributed by atoms with Gasteiger partial charge in [-0.3, -0.25) is 0 Å². The van der Waals surface area contributed by atoms with Crippen molar-refractivity contribution >= 4 is 17.3 Å². The molecule has 72 valence electrons. The lowest BCUT2D eigenvalue weighted by atomic mass is 10.1. The monoisotopic (exact) mass is 198 g/mol. The van der Waals surface area contributed by atoms with Crippen molar-refractivity contribution in [1.29, 1.82) is 0 Å². The summed E-state index contributed by atoms with van der Waals surface area (Å²) in [7, 11) is 1.95. The summed E-state index contributed by atoms with van der Waals surface area (Å²) in [4.78, 5) is 0. The molecule has 0 amide bonds. The number of aryl methyl sites for hydroxylation is 1. The van der Waals surface area contributed by atoms with E-state index in [1.54, 1.807) is 0 Å². The first-order valence-corrected chi connectivity index (χ1v) is 4.80. The Morgan fingerprint density at radius 2 is 2.23 bits per heavy atom. The van der Waals surface area contributed by atoms with E-state index in [0.717, 1.165) is 35.7 Å². The summed E-state index contributed by atoms with van der Waals surface area (Å²) < 4.78 is 0. The molecule has 1 aromatic rings. The quantitative estimate of drug-likeness (QED) is 0.574. The fourth-order valence-corrected chi connectivity index (χ4v) is 1.45. The molecule has 1 aromatic carbocycles. The predicted octanol–water partition coefficient (Wildman–Crippen LogP) is 2.07. The first-order valence-electron chi connectivity index (χ1n) is 4.42. The number of hydrogen-bond acceptors (Lipinski definition) is 2. The molecular weight excluding hydrogens is 184 g/mol. The maximum absolute atomic E-state index is 6.00. The second kappa shape index (κ2) is 5.10. The summed E-state index contributed by atoms with van der Waals surface area (Å²) >= 11 is 6.00. The molecule has 0 radical (unpaired) electrons. The van der Waals surface area contributed by atoms with E-state index in [4.69, 9.17) is 17.3 Å². The van der Waals surface area contributed by atoms with Crippen LogP contribution in [-0.2, 0) is 6.42 Å². The van der Waals surface area contributed by atoms with E-state index in [1.165, 1.54) is 0 Å². The van der Waals surface area contributed by atoms with E-state index in [2.05, 4.69) is 5.32 Å². The molecule has 3 heteroatoms. The van der Waals surface area contributed by atoms with Crippen molar-refractivity contribution in [3.63, 3.8) is 0 Å². The van der Waals surface area contributed by atoms with Crippen molar-refractivity contribution in [3.05, 3.63) is 28.8 Å². The van der Waals surface area contributed by atoms with Crippen LogP contribution < -0.4 is 11.1 Å². The van der Waals surface area contributed by atoms with E-state index < -0.39 is 0 Å². The van der Waals surface area contributed by atoms with Crippen LogP contribution in [0.25, 0.3) is 0 Å². The van der Waals surface area contributed by atoms with Crippen LogP contribution >= 0.6 is 11.6 Å². The Bertz CT molecular complexity index is 274. The molecule has 0 saturated carbocycles. The van der Waals surface area contributed by atoms with Gasteiger partial charge in [0.1, 0.15) is 0 Å². The lowest BCUT2D eigenvalue weighted by Gasteiger charge is -2.04. The molecule has 3 N–H and O–H groups in total. The van der Waals surface area contributed by atoms with E-state index in [-0.39, 0.29) is 0 Å². The summed E-state index contributed by atoms with van der Waals surface area (Å²) in [6, 6.07) is 5.62. The smallest absolute Gasteiger partial charge is 0.0439 e. The van der Waals surface area contributed by atoms with Crippen LogP contribution in [0.15, 0.2) is 18.2 Å². The Morgan fingerprint density at radius 1 is 1.46 bits per heavy atom. The van der Waals surface area contributed by atoms with Crippen LogP contribution in [0.2, 0.25) is 5.02 Å². The Hall–Kier alpha value is -0.730. The number of rotatable bonds is 4. The molecule has 2 nitrogen and oxygen atoms in total. The van der Waals surface area contributed by atoms with Gasteiger partial charge in [0, 0.05) is 10.7 Å². The first-order chi connectivity index (χ1) is 6.24. The van der Waals surface area contributed by atoms with Crippen LogP contribution in [-0.4, -0.2) is 13.6 Å². The molecule has 1 rings (SSSR count). The Kier molecular flexibility index (Phi) is 4.06. The van der Waals surface area contributed by atoms with Crippen molar-refractivity contribution < 1.29 is 0 Å². The van der Waals surface area contributed by atoms with Gasteiger partial charge in [-0.2, -0.15) is 0 Å². The Balaban J connectivity index is 2.59.